The van der Waals surface area contributed by atoms with Crippen molar-refractivity contribution < 1.29 is 24.0 Å². The zero-order valence-corrected chi connectivity index (χ0v) is 13.3. The second kappa shape index (κ2) is 7.91. The molecule has 8 nitrogen and oxygen atoms in total. The molecule has 0 radical (unpaired) electrons. The van der Waals surface area contributed by atoms with E-state index in [4.69, 9.17) is 9.84 Å². The van der Waals surface area contributed by atoms with Crippen LogP contribution in [0.2, 0.25) is 0 Å². The summed E-state index contributed by atoms with van der Waals surface area (Å²) in [6.07, 6.45) is -1.70. The number of carbonyl (C=O) groups is 1. The largest absolute Gasteiger partial charge is 0.497 e. The van der Waals surface area contributed by atoms with E-state index in [-0.39, 0.29) is 18.8 Å². The first-order valence-corrected chi connectivity index (χ1v) is 7.59. The summed E-state index contributed by atoms with van der Waals surface area (Å²) in [5.74, 6) is 0.522. The van der Waals surface area contributed by atoms with Crippen LogP contribution in [0.5, 0.6) is 5.75 Å². The van der Waals surface area contributed by atoms with Crippen molar-refractivity contribution in [2.24, 2.45) is 0 Å². The standard InChI is InChI=1S/C15H20FN3O5/c1-24-11-2-3-14(19(22)23)10(8-11)4-6-17-13-5-7-18(15(20)21)9-12(13)16/h2-3,8,12-13,17H,4-7,9H2,1H3,(H,20,21). The maximum Gasteiger partial charge on any atom is 0.407 e. The lowest BCUT2D eigenvalue weighted by Gasteiger charge is -2.33. The van der Waals surface area contributed by atoms with Crippen LogP contribution in [0.1, 0.15) is 12.0 Å². The third-order valence-electron chi connectivity index (χ3n) is 4.10. The molecule has 9 heteroatoms. The van der Waals surface area contributed by atoms with Crippen molar-refractivity contribution in [1.82, 2.24) is 10.2 Å². The minimum absolute atomic E-state index is 0.00454. The molecule has 132 valence electrons. The lowest BCUT2D eigenvalue weighted by atomic mass is 10.0. The number of nitro groups is 1. The molecule has 0 aliphatic carbocycles. The summed E-state index contributed by atoms with van der Waals surface area (Å²) in [5.41, 5.74) is 0.500. The second-order valence-corrected chi connectivity index (χ2v) is 5.60. The topological polar surface area (TPSA) is 105 Å². The van der Waals surface area contributed by atoms with Crippen molar-refractivity contribution >= 4 is 11.8 Å². The van der Waals surface area contributed by atoms with Gasteiger partial charge in [-0.15, -0.1) is 0 Å². The maximum atomic E-state index is 14.0. The molecule has 2 rings (SSSR count). The third-order valence-corrected chi connectivity index (χ3v) is 4.10. The number of alkyl halides is 1. The molecule has 1 aromatic carbocycles. The van der Waals surface area contributed by atoms with E-state index < -0.39 is 23.2 Å². The molecular formula is C15H20FN3O5. The molecule has 24 heavy (non-hydrogen) atoms. The number of hydrogen-bond donors (Lipinski definition) is 2. The van der Waals surface area contributed by atoms with Gasteiger partial charge in [0.15, 0.2) is 0 Å². The van der Waals surface area contributed by atoms with E-state index in [0.29, 0.717) is 30.7 Å². The predicted octanol–water partition coefficient (Wildman–Crippen LogP) is 1.83. The Morgan fingerprint density at radius 2 is 2.33 bits per heavy atom. The Balaban J connectivity index is 1.92. The van der Waals surface area contributed by atoms with Crippen molar-refractivity contribution in [2.75, 3.05) is 26.7 Å². The monoisotopic (exact) mass is 341 g/mol. The number of amides is 1. The highest BCUT2D eigenvalue weighted by Gasteiger charge is 2.31. The predicted molar refractivity (Wildman–Crippen MR) is 84.3 cm³/mol. The molecule has 0 bridgehead atoms. The highest BCUT2D eigenvalue weighted by atomic mass is 19.1. The molecule has 1 saturated heterocycles. The lowest BCUT2D eigenvalue weighted by Crippen LogP contribution is -2.52. The van der Waals surface area contributed by atoms with Gasteiger partial charge < -0.3 is 20.1 Å². The van der Waals surface area contributed by atoms with Gasteiger partial charge in [-0.3, -0.25) is 10.1 Å². The summed E-state index contributed by atoms with van der Waals surface area (Å²) in [5, 5.41) is 22.9. The Kier molecular flexibility index (Phi) is 5.91. The van der Waals surface area contributed by atoms with Crippen molar-refractivity contribution in [3.63, 3.8) is 0 Å². The fraction of sp³-hybridized carbons (Fsp3) is 0.533. The Labute approximate surface area is 138 Å². The third kappa shape index (κ3) is 4.31. The first-order chi connectivity index (χ1) is 11.4. The molecule has 1 aromatic rings. The van der Waals surface area contributed by atoms with Crippen LogP contribution < -0.4 is 10.1 Å². The molecule has 1 fully saturated rings. The number of ether oxygens (including phenoxy) is 1. The zero-order chi connectivity index (χ0) is 17.7. The Bertz CT molecular complexity index is 613. The van der Waals surface area contributed by atoms with Gasteiger partial charge in [0.25, 0.3) is 5.69 Å². The fourth-order valence-electron chi connectivity index (χ4n) is 2.77. The normalized spacial score (nSPS) is 20.7. The van der Waals surface area contributed by atoms with Crippen LogP contribution in [0.4, 0.5) is 14.9 Å². The Morgan fingerprint density at radius 3 is 2.92 bits per heavy atom. The average molecular weight is 341 g/mol. The van der Waals surface area contributed by atoms with Crippen LogP contribution in [0.15, 0.2) is 18.2 Å². The number of halogens is 1. The molecule has 2 N–H and O–H groups in total. The number of methoxy groups -OCH3 is 1. The van der Waals surface area contributed by atoms with Crippen LogP contribution in [-0.4, -0.2) is 60.0 Å². The van der Waals surface area contributed by atoms with Gasteiger partial charge >= 0.3 is 6.09 Å². The fourth-order valence-corrected chi connectivity index (χ4v) is 2.77. The van der Waals surface area contributed by atoms with Gasteiger partial charge in [0, 0.05) is 24.2 Å². The van der Waals surface area contributed by atoms with E-state index in [1.54, 1.807) is 6.07 Å². The number of nitrogens with one attached hydrogen (secondary N) is 1. The average Bonchev–Trinajstić information content (AvgIpc) is 2.55. The van der Waals surface area contributed by atoms with Crippen LogP contribution in [-0.2, 0) is 6.42 Å². The van der Waals surface area contributed by atoms with E-state index in [9.17, 15) is 19.3 Å². The molecular weight excluding hydrogens is 321 g/mol. The number of nitro benzene ring substituents is 1. The summed E-state index contributed by atoms with van der Waals surface area (Å²) in [6.45, 7) is 0.463. The molecule has 0 spiro atoms. The molecule has 1 amide bonds. The SMILES string of the molecule is COc1ccc([N+](=O)[O-])c(CCNC2CCN(C(=O)O)CC2F)c1. The van der Waals surface area contributed by atoms with Gasteiger partial charge in [-0.25, -0.2) is 9.18 Å². The number of piperidine rings is 1. The van der Waals surface area contributed by atoms with Crippen molar-refractivity contribution in [2.45, 2.75) is 25.1 Å². The summed E-state index contributed by atoms with van der Waals surface area (Å²) in [4.78, 5) is 22.5. The maximum absolute atomic E-state index is 14.0. The summed E-state index contributed by atoms with van der Waals surface area (Å²) in [6, 6.07) is 4.05. The minimum Gasteiger partial charge on any atom is -0.497 e. The van der Waals surface area contributed by atoms with Gasteiger partial charge in [0.2, 0.25) is 0 Å². The molecule has 2 atom stereocenters. The first kappa shape index (κ1) is 17.9. The minimum atomic E-state index is -1.30. The molecule has 1 aliphatic rings. The molecule has 2 unspecified atom stereocenters. The van der Waals surface area contributed by atoms with Crippen molar-refractivity contribution in [3.8, 4) is 5.75 Å². The summed E-state index contributed by atoms with van der Waals surface area (Å²) >= 11 is 0. The number of benzene rings is 1. The number of rotatable bonds is 6. The number of hydrogen-bond acceptors (Lipinski definition) is 5. The Hall–Kier alpha value is -2.42. The van der Waals surface area contributed by atoms with Crippen LogP contribution >= 0.6 is 0 Å². The van der Waals surface area contributed by atoms with Crippen LogP contribution in [0.3, 0.4) is 0 Å². The van der Waals surface area contributed by atoms with Crippen LogP contribution in [0, 0.1) is 10.1 Å². The summed E-state index contributed by atoms with van der Waals surface area (Å²) < 4.78 is 19.1. The van der Waals surface area contributed by atoms with Crippen molar-refractivity contribution in [1.29, 1.82) is 0 Å². The van der Waals surface area contributed by atoms with E-state index in [0.717, 1.165) is 4.90 Å². The van der Waals surface area contributed by atoms with E-state index in [2.05, 4.69) is 5.32 Å². The summed E-state index contributed by atoms with van der Waals surface area (Å²) in [7, 11) is 1.48. The van der Waals surface area contributed by atoms with Gasteiger partial charge in [-0.2, -0.15) is 0 Å². The number of carboxylic acid groups (broad SMARTS) is 1. The first-order valence-electron chi connectivity index (χ1n) is 7.59. The quantitative estimate of drug-likeness (QED) is 0.604. The second-order valence-electron chi connectivity index (χ2n) is 5.60. The van der Waals surface area contributed by atoms with Gasteiger partial charge in [0.1, 0.15) is 11.9 Å². The Morgan fingerprint density at radius 1 is 1.58 bits per heavy atom. The lowest BCUT2D eigenvalue weighted by molar-refractivity contribution is -0.385. The smallest absolute Gasteiger partial charge is 0.407 e. The van der Waals surface area contributed by atoms with E-state index >= 15 is 0 Å². The van der Waals surface area contributed by atoms with Gasteiger partial charge in [0.05, 0.1) is 18.6 Å². The number of nitrogens with zero attached hydrogens (tertiary/aromatic N) is 2. The van der Waals surface area contributed by atoms with Crippen LogP contribution in [0.25, 0.3) is 0 Å². The molecule has 1 aliphatic heterocycles. The van der Waals surface area contributed by atoms with Crippen molar-refractivity contribution in [3.05, 3.63) is 33.9 Å². The van der Waals surface area contributed by atoms with E-state index in [1.165, 1.54) is 19.2 Å². The number of likely N-dealkylation sites (tertiary alicyclic amines) is 1. The van der Waals surface area contributed by atoms with E-state index in [1.807, 2.05) is 0 Å². The highest BCUT2D eigenvalue weighted by Crippen LogP contribution is 2.24. The molecule has 0 saturated carbocycles. The molecule has 1 heterocycles. The van der Waals surface area contributed by atoms with Gasteiger partial charge in [-0.05, 0) is 31.5 Å². The zero-order valence-electron chi connectivity index (χ0n) is 13.3. The highest BCUT2D eigenvalue weighted by molar-refractivity contribution is 5.65. The molecule has 0 aromatic heterocycles. The van der Waals surface area contributed by atoms with Gasteiger partial charge in [-0.1, -0.05) is 0 Å².